The second-order valence-corrected chi connectivity index (χ2v) is 7.41. The molecule has 0 spiro atoms. The molecule has 0 bridgehead atoms. The topological polar surface area (TPSA) is 79.2 Å². The Morgan fingerprint density at radius 2 is 1.96 bits per heavy atom. The number of hydrogen-bond acceptors (Lipinski definition) is 6. The highest BCUT2D eigenvalue weighted by Crippen LogP contribution is 2.27. The normalized spacial score (nSPS) is 42.3. The first-order valence-electron chi connectivity index (χ1n) is 8.40. The number of esters is 1. The molecule has 0 aliphatic carbocycles. The molecule has 0 aromatic heterocycles. The molecule has 1 aliphatic rings. The van der Waals surface area contributed by atoms with Crippen molar-refractivity contribution in [3.8, 4) is 0 Å². The van der Waals surface area contributed by atoms with Crippen molar-refractivity contribution >= 4 is 5.97 Å². The average molecular weight is 331 g/mol. The van der Waals surface area contributed by atoms with E-state index in [0.717, 1.165) is 12.8 Å². The molecular weight excluding hydrogens is 298 g/mol. The van der Waals surface area contributed by atoms with E-state index >= 15 is 0 Å². The van der Waals surface area contributed by atoms with Gasteiger partial charge in [0.1, 0.15) is 18.4 Å². The van der Waals surface area contributed by atoms with Gasteiger partial charge in [-0.15, -0.1) is 0 Å². The molecule has 6 nitrogen and oxygen atoms in total. The number of likely N-dealkylation sites (N-methyl/N-ethyl adjacent to an activating group) is 1. The number of aliphatic hydroxyl groups excluding tert-OH is 1. The molecule has 0 saturated carbocycles. The van der Waals surface area contributed by atoms with Gasteiger partial charge in [0.25, 0.3) is 0 Å². The Balaban J connectivity index is 2.98. The van der Waals surface area contributed by atoms with Crippen LogP contribution in [0.25, 0.3) is 0 Å². The molecule has 1 rings (SSSR count). The third-order valence-electron chi connectivity index (χ3n) is 4.93. The summed E-state index contributed by atoms with van der Waals surface area (Å²) in [7, 11) is 3.37. The smallest absolute Gasteiger partial charge is 0.311 e. The van der Waals surface area contributed by atoms with Crippen LogP contribution in [0, 0.1) is 17.8 Å². The maximum Gasteiger partial charge on any atom is 0.311 e. The predicted molar refractivity (Wildman–Crippen MR) is 87.7 cm³/mol. The van der Waals surface area contributed by atoms with Gasteiger partial charge in [-0.05, 0) is 45.6 Å². The van der Waals surface area contributed by atoms with Crippen LogP contribution in [-0.4, -0.2) is 66.3 Å². The van der Waals surface area contributed by atoms with E-state index in [1.807, 2.05) is 0 Å². The standard InChI is InChI=1S/C17H33NO5/c1-11-7-8-18(5)16(20)17(4,21)10-23-15(19)13(3)14(22-6)12(2)9-11/h11-14,16,20-21H,7-10H2,1-6H3/t11?,12-,13-,14+,16+,17-/m1/s1. The minimum absolute atomic E-state index is 0.217. The number of carbonyl (C=O) groups excluding carboxylic acids is 1. The fourth-order valence-electron chi connectivity index (χ4n) is 3.39. The predicted octanol–water partition coefficient (Wildman–Crippen LogP) is 1.25. The summed E-state index contributed by atoms with van der Waals surface area (Å²) in [4.78, 5) is 14.0. The minimum atomic E-state index is -1.52. The van der Waals surface area contributed by atoms with Crippen LogP contribution in [0.1, 0.15) is 40.5 Å². The lowest BCUT2D eigenvalue weighted by Crippen LogP contribution is -2.53. The number of ether oxygens (including phenoxy) is 2. The van der Waals surface area contributed by atoms with Gasteiger partial charge in [-0.2, -0.15) is 0 Å². The van der Waals surface area contributed by atoms with E-state index in [2.05, 4.69) is 13.8 Å². The summed E-state index contributed by atoms with van der Waals surface area (Å²) in [6, 6.07) is 0. The molecule has 1 unspecified atom stereocenters. The highest BCUT2D eigenvalue weighted by atomic mass is 16.6. The fraction of sp³-hybridized carbons (Fsp3) is 0.941. The second kappa shape index (κ2) is 8.42. The first-order valence-corrected chi connectivity index (χ1v) is 8.40. The lowest BCUT2D eigenvalue weighted by molar-refractivity contribution is -0.181. The molecular formula is C17H33NO5. The van der Waals surface area contributed by atoms with E-state index in [9.17, 15) is 15.0 Å². The summed E-state index contributed by atoms with van der Waals surface area (Å²) >= 11 is 0. The molecule has 1 fully saturated rings. The molecule has 0 amide bonds. The van der Waals surface area contributed by atoms with Crippen molar-refractivity contribution in [3.05, 3.63) is 0 Å². The molecule has 2 N–H and O–H groups in total. The molecule has 0 radical (unpaired) electrons. The second-order valence-electron chi connectivity index (χ2n) is 7.41. The summed E-state index contributed by atoms with van der Waals surface area (Å²) in [6.45, 7) is 7.92. The monoisotopic (exact) mass is 331 g/mol. The van der Waals surface area contributed by atoms with Gasteiger partial charge >= 0.3 is 5.97 Å². The summed E-state index contributed by atoms with van der Waals surface area (Å²) in [5.74, 6) is -0.195. The van der Waals surface area contributed by atoms with Crippen LogP contribution in [0.5, 0.6) is 0 Å². The first kappa shape index (κ1) is 20.4. The lowest BCUT2D eigenvalue weighted by atomic mass is 9.85. The summed E-state index contributed by atoms with van der Waals surface area (Å²) in [5, 5.41) is 20.7. The van der Waals surface area contributed by atoms with Crippen molar-refractivity contribution < 1.29 is 24.5 Å². The van der Waals surface area contributed by atoms with Gasteiger partial charge in [0.2, 0.25) is 0 Å². The van der Waals surface area contributed by atoms with Crippen LogP contribution in [0.15, 0.2) is 0 Å². The zero-order chi connectivity index (χ0) is 17.8. The quantitative estimate of drug-likeness (QED) is 0.704. The molecule has 1 heterocycles. The van der Waals surface area contributed by atoms with E-state index in [4.69, 9.17) is 9.47 Å². The van der Waals surface area contributed by atoms with E-state index in [1.54, 1.807) is 26.0 Å². The Hall–Kier alpha value is -0.690. The van der Waals surface area contributed by atoms with E-state index in [0.29, 0.717) is 12.5 Å². The van der Waals surface area contributed by atoms with Crippen molar-refractivity contribution in [1.29, 1.82) is 0 Å². The highest BCUT2D eigenvalue weighted by molar-refractivity contribution is 5.72. The van der Waals surface area contributed by atoms with E-state index in [-0.39, 0.29) is 18.6 Å². The molecule has 1 aliphatic heterocycles. The zero-order valence-corrected chi connectivity index (χ0v) is 15.3. The Kier molecular flexibility index (Phi) is 7.45. The summed E-state index contributed by atoms with van der Waals surface area (Å²) in [6.07, 6.45) is 0.511. The third-order valence-corrected chi connectivity index (χ3v) is 4.93. The van der Waals surface area contributed by atoms with Gasteiger partial charge in [0.15, 0.2) is 0 Å². The molecule has 6 atom stereocenters. The fourth-order valence-corrected chi connectivity index (χ4v) is 3.39. The Morgan fingerprint density at radius 3 is 2.52 bits per heavy atom. The van der Waals surface area contributed by atoms with Crippen LogP contribution in [-0.2, 0) is 14.3 Å². The molecule has 23 heavy (non-hydrogen) atoms. The molecule has 0 aromatic carbocycles. The maximum absolute atomic E-state index is 12.3. The SMILES string of the molecule is CO[C@H]1[C@H](C)CC(C)CCN(C)[C@@H](O)[C@](C)(O)COC(=O)[C@@H]1C. The molecule has 6 heteroatoms. The number of cyclic esters (lactones) is 1. The van der Waals surface area contributed by atoms with Crippen molar-refractivity contribution in [3.63, 3.8) is 0 Å². The van der Waals surface area contributed by atoms with E-state index < -0.39 is 23.7 Å². The van der Waals surface area contributed by atoms with Gasteiger partial charge in [-0.25, -0.2) is 0 Å². The summed E-state index contributed by atoms with van der Waals surface area (Å²) in [5.41, 5.74) is -1.52. The third kappa shape index (κ3) is 5.41. The van der Waals surface area contributed by atoms with Crippen molar-refractivity contribution in [2.45, 2.75) is 58.5 Å². The van der Waals surface area contributed by atoms with Gasteiger partial charge in [0, 0.05) is 13.7 Å². The maximum atomic E-state index is 12.3. The van der Waals surface area contributed by atoms with E-state index in [1.165, 1.54) is 6.92 Å². The first-order chi connectivity index (χ1) is 10.6. The Labute approximate surface area is 139 Å². The number of hydrogen-bond donors (Lipinski definition) is 2. The van der Waals surface area contributed by atoms with Crippen LogP contribution in [0.2, 0.25) is 0 Å². The van der Waals surface area contributed by atoms with Gasteiger partial charge in [-0.3, -0.25) is 9.69 Å². The number of aliphatic hydroxyl groups is 2. The number of carbonyl (C=O) groups is 1. The van der Waals surface area contributed by atoms with Gasteiger partial charge in [0.05, 0.1) is 12.0 Å². The number of methoxy groups -OCH3 is 1. The minimum Gasteiger partial charge on any atom is -0.462 e. The van der Waals surface area contributed by atoms with Crippen molar-refractivity contribution in [2.75, 3.05) is 27.3 Å². The van der Waals surface area contributed by atoms with Crippen LogP contribution in [0.3, 0.4) is 0 Å². The molecule has 1 saturated heterocycles. The highest BCUT2D eigenvalue weighted by Gasteiger charge is 2.37. The van der Waals surface area contributed by atoms with Gasteiger partial charge < -0.3 is 19.7 Å². The Morgan fingerprint density at radius 1 is 1.35 bits per heavy atom. The van der Waals surface area contributed by atoms with Gasteiger partial charge in [-0.1, -0.05) is 13.8 Å². The molecule has 0 aromatic rings. The van der Waals surface area contributed by atoms with Crippen LogP contribution in [0.4, 0.5) is 0 Å². The molecule has 136 valence electrons. The van der Waals surface area contributed by atoms with Crippen molar-refractivity contribution in [2.24, 2.45) is 17.8 Å². The largest absolute Gasteiger partial charge is 0.462 e. The van der Waals surface area contributed by atoms with Crippen LogP contribution < -0.4 is 0 Å². The number of rotatable bonds is 1. The van der Waals surface area contributed by atoms with Crippen LogP contribution >= 0.6 is 0 Å². The van der Waals surface area contributed by atoms with Crippen molar-refractivity contribution in [1.82, 2.24) is 4.90 Å². The Bertz CT molecular complexity index is 387. The zero-order valence-electron chi connectivity index (χ0n) is 15.3. The lowest BCUT2D eigenvalue weighted by Gasteiger charge is -2.35. The number of nitrogens with zero attached hydrogens (tertiary/aromatic N) is 1. The average Bonchev–Trinajstić information content (AvgIpc) is 2.49. The summed E-state index contributed by atoms with van der Waals surface area (Å²) < 4.78 is 10.8.